The van der Waals surface area contributed by atoms with Gasteiger partial charge >= 0.3 is 0 Å². The van der Waals surface area contributed by atoms with E-state index in [1.165, 1.54) is 5.69 Å². The molecule has 3 rings (SSSR count). The van der Waals surface area contributed by atoms with E-state index in [9.17, 15) is 0 Å². The van der Waals surface area contributed by atoms with Gasteiger partial charge in [0.2, 0.25) is 0 Å². The molecule has 0 bridgehead atoms. The van der Waals surface area contributed by atoms with Crippen molar-refractivity contribution in [2.24, 2.45) is 0 Å². The summed E-state index contributed by atoms with van der Waals surface area (Å²) in [6.07, 6.45) is 1.96. The van der Waals surface area contributed by atoms with Crippen molar-refractivity contribution >= 4 is 0 Å². The van der Waals surface area contributed by atoms with E-state index >= 15 is 0 Å². The number of hydrogen-bond donors (Lipinski definition) is 1. The van der Waals surface area contributed by atoms with E-state index in [1.807, 2.05) is 6.92 Å². The first-order valence-corrected chi connectivity index (χ1v) is 8.42. The number of H-pyrrole nitrogens is 1. The van der Waals surface area contributed by atoms with Crippen LogP contribution in [0.5, 0.6) is 0 Å². The molecule has 0 radical (unpaired) electrons. The van der Waals surface area contributed by atoms with Crippen LogP contribution in [-0.2, 0) is 17.7 Å². The zero-order chi connectivity index (χ0) is 16.2. The van der Waals surface area contributed by atoms with Crippen LogP contribution in [0, 0.1) is 13.8 Å². The first kappa shape index (κ1) is 16.1. The van der Waals surface area contributed by atoms with Crippen LogP contribution in [0.2, 0.25) is 0 Å². The van der Waals surface area contributed by atoms with E-state index in [2.05, 4.69) is 49.8 Å². The summed E-state index contributed by atoms with van der Waals surface area (Å²) in [7, 11) is 0. The average Bonchev–Trinajstić information content (AvgIpc) is 3.12. The molecule has 0 aliphatic carbocycles. The van der Waals surface area contributed by atoms with Crippen LogP contribution in [0.15, 0.2) is 6.07 Å². The Kier molecular flexibility index (Phi) is 5.07. The second-order valence-electron chi connectivity index (χ2n) is 6.20. The van der Waals surface area contributed by atoms with E-state index < -0.39 is 0 Å². The number of rotatable bonds is 6. The smallest absolute Gasteiger partial charge is 0.180 e. The maximum absolute atomic E-state index is 5.86. The molecule has 0 spiro atoms. The van der Waals surface area contributed by atoms with Gasteiger partial charge in [0.15, 0.2) is 5.82 Å². The van der Waals surface area contributed by atoms with E-state index in [1.54, 1.807) is 0 Å². The first-order chi connectivity index (χ1) is 11.2. The number of aromatic amines is 1. The van der Waals surface area contributed by atoms with Gasteiger partial charge < -0.3 is 4.74 Å². The average molecular weight is 318 g/mol. The molecule has 1 aliphatic heterocycles. The molecule has 0 saturated carbocycles. The van der Waals surface area contributed by atoms with Crippen LogP contribution < -0.4 is 0 Å². The standard InChI is InChI=1S/C16H26N6O/c1-4-5-15-17-16(19-18-15)14-11-21(8-9-23-14)6-7-22-13(3)10-12(2)20-22/h10,14H,4-9,11H2,1-3H3,(H,17,18,19)/t14-/m0/s1. The second-order valence-corrected chi connectivity index (χ2v) is 6.20. The Morgan fingerprint density at radius 3 is 2.96 bits per heavy atom. The van der Waals surface area contributed by atoms with Crippen molar-refractivity contribution in [1.29, 1.82) is 0 Å². The molecule has 2 aromatic rings. The number of aryl methyl sites for hydroxylation is 3. The van der Waals surface area contributed by atoms with Crippen molar-refractivity contribution in [3.63, 3.8) is 0 Å². The zero-order valence-electron chi connectivity index (χ0n) is 14.2. The Balaban J connectivity index is 1.56. The molecule has 1 saturated heterocycles. The highest BCUT2D eigenvalue weighted by molar-refractivity contribution is 5.06. The molecule has 1 fully saturated rings. The highest BCUT2D eigenvalue weighted by Gasteiger charge is 2.25. The predicted octanol–water partition coefficient (Wildman–Crippen LogP) is 1.64. The summed E-state index contributed by atoms with van der Waals surface area (Å²) in [5, 5.41) is 11.9. The minimum Gasteiger partial charge on any atom is -0.367 e. The molecule has 0 amide bonds. The maximum atomic E-state index is 5.86. The van der Waals surface area contributed by atoms with Crippen molar-refractivity contribution in [3.8, 4) is 0 Å². The van der Waals surface area contributed by atoms with Crippen molar-refractivity contribution in [2.45, 2.75) is 46.3 Å². The third-order valence-corrected chi connectivity index (χ3v) is 4.21. The Morgan fingerprint density at radius 1 is 1.35 bits per heavy atom. The lowest BCUT2D eigenvalue weighted by Gasteiger charge is -2.31. The molecular weight excluding hydrogens is 292 g/mol. The largest absolute Gasteiger partial charge is 0.367 e. The van der Waals surface area contributed by atoms with Gasteiger partial charge in [0.25, 0.3) is 0 Å². The molecule has 3 heterocycles. The lowest BCUT2D eigenvalue weighted by atomic mass is 10.2. The summed E-state index contributed by atoms with van der Waals surface area (Å²) < 4.78 is 7.93. The van der Waals surface area contributed by atoms with Crippen LogP contribution in [0.25, 0.3) is 0 Å². The summed E-state index contributed by atoms with van der Waals surface area (Å²) in [5.74, 6) is 1.73. The van der Waals surface area contributed by atoms with Crippen LogP contribution >= 0.6 is 0 Å². The van der Waals surface area contributed by atoms with Gasteiger partial charge in [-0.25, -0.2) is 4.98 Å². The summed E-state index contributed by atoms with van der Waals surface area (Å²) in [4.78, 5) is 6.96. The van der Waals surface area contributed by atoms with E-state index in [4.69, 9.17) is 4.74 Å². The predicted molar refractivity (Wildman–Crippen MR) is 87.2 cm³/mol. The Hall–Kier alpha value is -1.73. The molecular formula is C16H26N6O. The van der Waals surface area contributed by atoms with Gasteiger partial charge in [0.05, 0.1) is 18.8 Å². The van der Waals surface area contributed by atoms with Crippen molar-refractivity contribution in [1.82, 2.24) is 29.9 Å². The molecule has 2 aromatic heterocycles. The minimum atomic E-state index is -0.0361. The molecule has 0 unspecified atom stereocenters. The lowest BCUT2D eigenvalue weighted by molar-refractivity contribution is -0.0353. The Morgan fingerprint density at radius 2 is 2.22 bits per heavy atom. The number of ether oxygens (including phenoxy) is 1. The zero-order valence-corrected chi connectivity index (χ0v) is 14.2. The summed E-state index contributed by atoms with van der Waals surface area (Å²) >= 11 is 0. The van der Waals surface area contributed by atoms with Gasteiger partial charge in [-0.15, -0.1) is 0 Å². The molecule has 7 heteroatoms. The first-order valence-electron chi connectivity index (χ1n) is 8.42. The monoisotopic (exact) mass is 318 g/mol. The van der Waals surface area contributed by atoms with Crippen molar-refractivity contribution in [3.05, 3.63) is 29.1 Å². The fourth-order valence-electron chi connectivity index (χ4n) is 3.00. The lowest BCUT2D eigenvalue weighted by Crippen LogP contribution is -2.40. The van der Waals surface area contributed by atoms with Gasteiger partial charge in [0, 0.05) is 31.7 Å². The van der Waals surface area contributed by atoms with Crippen LogP contribution in [0.4, 0.5) is 0 Å². The quantitative estimate of drug-likeness (QED) is 0.877. The van der Waals surface area contributed by atoms with Crippen LogP contribution in [0.1, 0.15) is 42.5 Å². The number of morpholine rings is 1. The summed E-state index contributed by atoms with van der Waals surface area (Å²) in [6.45, 7) is 10.6. The molecule has 126 valence electrons. The number of hydrogen-bond acceptors (Lipinski definition) is 5. The molecule has 1 N–H and O–H groups in total. The number of nitrogens with zero attached hydrogens (tertiary/aromatic N) is 5. The summed E-state index contributed by atoms with van der Waals surface area (Å²) in [6, 6.07) is 2.12. The Bertz CT molecular complexity index is 634. The van der Waals surface area contributed by atoms with E-state index in [-0.39, 0.29) is 6.10 Å². The second kappa shape index (κ2) is 7.23. The topological polar surface area (TPSA) is 71.9 Å². The fraction of sp³-hybridized carbons (Fsp3) is 0.688. The van der Waals surface area contributed by atoms with Crippen LogP contribution in [0.3, 0.4) is 0 Å². The van der Waals surface area contributed by atoms with Gasteiger partial charge in [-0.1, -0.05) is 6.92 Å². The van der Waals surface area contributed by atoms with Crippen LogP contribution in [-0.4, -0.2) is 56.1 Å². The molecule has 0 aromatic carbocycles. The SMILES string of the molecule is CCCc1nc([C@@H]2CN(CCn3nc(C)cc3C)CCO2)n[nH]1. The van der Waals surface area contributed by atoms with Gasteiger partial charge in [-0.2, -0.15) is 10.2 Å². The van der Waals surface area contributed by atoms with Gasteiger partial charge in [-0.05, 0) is 26.3 Å². The fourth-order valence-corrected chi connectivity index (χ4v) is 3.00. The highest BCUT2D eigenvalue weighted by atomic mass is 16.5. The number of nitrogens with one attached hydrogen (secondary N) is 1. The third-order valence-electron chi connectivity index (χ3n) is 4.21. The van der Waals surface area contributed by atoms with Gasteiger partial charge in [-0.3, -0.25) is 14.7 Å². The molecule has 23 heavy (non-hydrogen) atoms. The minimum absolute atomic E-state index is 0.0361. The normalized spacial score (nSPS) is 19.3. The number of aromatic nitrogens is 5. The third kappa shape index (κ3) is 3.97. The molecule has 1 aliphatic rings. The van der Waals surface area contributed by atoms with E-state index in [0.29, 0.717) is 0 Å². The summed E-state index contributed by atoms with van der Waals surface area (Å²) in [5.41, 5.74) is 2.29. The molecule has 7 nitrogen and oxygen atoms in total. The van der Waals surface area contributed by atoms with Gasteiger partial charge in [0.1, 0.15) is 11.9 Å². The van der Waals surface area contributed by atoms with Crippen molar-refractivity contribution < 1.29 is 4.74 Å². The van der Waals surface area contributed by atoms with Crippen molar-refractivity contribution in [2.75, 3.05) is 26.2 Å². The highest BCUT2D eigenvalue weighted by Crippen LogP contribution is 2.19. The maximum Gasteiger partial charge on any atom is 0.180 e. The van der Waals surface area contributed by atoms with E-state index in [0.717, 1.165) is 63.0 Å². The molecule has 1 atom stereocenters. The Labute approximate surface area is 137 Å².